The van der Waals surface area contributed by atoms with Crippen LogP contribution in [0.1, 0.15) is 57.5 Å². The van der Waals surface area contributed by atoms with Crippen LogP contribution in [0.5, 0.6) is 0 Å². The monoisotopic (exact) mass is 1610 g/mol. The molecule has 0 aromatic heterocycles. The highest BCUT2D eigenvalue weighted by Gasteiger charge is 2.60. The normalized spacial score (nSPS) is 23.8. The van der Waals surface area contributed by atoms with Crippen LogP contribution in [-0.2, 0) is 149 Å². The Morgan fingerprint density at radius 2 is 0.696 bits per heavy atom. The number of carbonyl (C=O) groups excluding carboxylic acids is 4. The summed E-state index contributed by atoms with van der Waals surface area (Å²) in [7, 11) is -44.5. The van der Waals surface area contributed by atoms with E-state index in [9.17, 15) is 115 Å². The third-order valence-corrected chi connectivity index (χ3v) is 17.9. The lowest BCUT2D eigenvalue weighted by molar-refractivity contribution is -0.304. The van der Waals surface area contributed by atoms with E-state index in [1.165, 1.54) is 84.9 Å². The van der Waals surface area contributed by atoms with Crippen LogP contribution in [0, 0.1) is 0 Å². The van der Waals surface area contributed by atoms with Crippen LogP contribution in [0.4, 0.5) is 0 Å². The van der Waals surface area contributed by atoms with E-state index in [-0.39, 0.29) is 33.4 Å². The van der Waals surface area contributed by atoms with E-state index in [0.29, 0.717) is 0 Å². The summed E-state index contributed by atoms with van der Waals surface area (Å²) >= 11 is 0. The number of benzene rings is 4. The number of amides is 4. The van der Waals surface area contributed by atoms with Crippen molar-refractivity contribution >= 4 is 107 Å². The number of carbonyl (C=O) groups is 4. The highest BCUT2D eigenvalue weighted by Crippen LogP contribution is 2.38. The van der Waals surface area contributed by atoms with Gasteiger partial charge in [0.15, 0.2) is 11.6 Å². The molecule has 44 nitrogen and oxygen atoms in total. The highest BCUT2D eigenvalue weighted by molar-refractivity contribution is 7.82. The summed E-state index contributed by atoms with van der Waals surface area (Å²) in [6.07, 6.45) is -24.0. The first-order valence-electron chi connectivity index (χ1n) is 28.2. The molecule has 2 heterocycles. The molecule has 0 saturated carbocycles. The van der Waals surface area contributed by atoms with Gasteiger partial charge in [0.05, 0.1) is 13.2 Å². The lowest BCUT2D eigenvalue weighted by Crippen LogP contribution is -2.72. The van der Waals surface area contributed by atoms with E-state index in [2.05, 4.69) is 38.0 Å². The van der Waals surface area contributed by atoms with Gasteiger partial charge in [-0.15, -0.1) is 0 Å². The molecule has 0 bridgehead atoms. The summed E-state index contributed by atoms with van der Waals surface area (Å²) in [4.78, 5) is 54.7. The SMILES string of the molecule is O=C(CC[C@@H](COS(=O)(=O)O)OS(=O)(=O)O)NC[C@H]1O[C@@](O)(Cc2ccccc2)[C@H](NC(=O)c2ccc(-c3ccc(C(=O)N[C@@H]4[C@@H](OS(=O)(=O)O)[C@H](OS(=O)(=O)O)[C@@H](CNC(=O)CC[C@@H](COS(=O)(=O)O)OS(=O)(=O)O)O[C@@]4(O)Cc4ccccc4)cc3)cc2)[C@@H](OS(=O)(=O)O)[C@@H]1OS(=O)(=O)O. The van der Waals surface area contributed by atoms with Crippen molar-refractivity contribution in [3.05, 3.63) is 131 Å². The summed E-state index contributed by atoms with van der Waals surface area (Å²) < 4.78 is 313. The average Bonchev–Trinajstić information content (AvgIpc) is 0.754. The first-order valence-corrected chi connectivity index (χ1v) is 39.2. The number of aliphatic hydroxyl groups is 2. The highest BCUT2D eigenvalue weighted by atomic mass is 32.3. The number of rotatable bonds is 37. The van der Waals surface area contributed by atoms with Crippen LogP contribution in [-0.4, -0.2) is 236 Å². The van der Waals surface area contributed by atoms with Gasteiger partial charge in [-0.05, 0) is 59.4 Å². The first kappa shape index (κ1) is 84.5. The quantitative estimate of drug-likeness (QED) is 0.0197. The van der Waals surface area contributed by atoms with Crippen LogP contribution >= 0.6 is 0 Å². The molecule has 0 aliphatic carbocycles. The molecule has 0 spiro atoms. The zero-order chi connectivity index (χ0) is 76.2. The standard InChI is InChI=1S/C50H62N4O40S8/c55-39(21-19-35(89-97(67,68)69)27-85-95(61,62)63)51-25-37-41(91-99(73,74)75)43(93-101(79,80)81)45(49(59,87-37)23-29-7-3-1-4-8-29)53-47(57)33-15-11-31(12-16-33)32-13-17-34(18-14-32)48(58)54-46-44(94-102(82,83)84)42(92-100(76,77)78)38(88-50(46,60)24-30-9-5-2-6-10-30)26-52-40(56)22-20-36(90-98(70,71)72)28-86-96(64,65)66/h1-18,35-38,41-46,59-60H,19-28H2,(H,51,55)(H,52,56)(H,53,57)(H,54,58)(H,61,62,63)(H,64,65,66)(H,67,68,69)(H,70,71,72)(H,73,74,75)(H,76,77,78)(H,79,80,81)(H,82,83,84)/t35-,36-,37+,38+,41+,42+,43-,44-,45+,46+,49-,50-/m0/s1. The van der Waals surface area contributed by atoms with Crippen molar-refractivity contribution in [2.24, 2.45) is 0 Å². The fraction of sp³-hybridized carbons (Fsp3) is 0.440. The topological polar surface area (TPSA) is 684 Å². The van der Waals surface area contributed by atoms with Crippen LogP contribution in [0.2, 0.25) is 0 Å². The first-order chi connectivity index (χ1) is 46.8. The zero-order valence-corrected chi connectivity index (χ0v) is 57.8. The third-order valence-electron chi connectivity index (χ3n) is 14.2. The number of hydrogen-bond donors (Lipinski definition) is 14. The second kappa shape index (κ2) is 34.2. The lowest BCUT2D eigenvalue weighted by atomic mass is 9.86. The smallest absolute Gasteiger partial charge is 0.363 e. The summed E-state index contributed by atoms with van der Waals surface area (Å²) in [5, 5.41) is 33.6. The Hall–Kier alpha value is -6.44. The van der Waals surface area contributed by atoms with Gasteiger partial charge in [0.2, 0.25) is 11.8 Å². The molecule has 52 heteroatoms. The Bertz CT molecular complexity index is 4280. The van der Waals surface area contributed by atoms with Gasteiger partial charge >= 0.3 is 83.2 Å². The summed E-state index contributed by atoms with van der Waals surface area (Å²) in [5.41, 5.74) is -0.0512. The molecule has 102 heavy (non-hydrogen) atoms. The third kappa shape index (κ3) is 28.5. The average molecular weight is 1620 g/mol. The van der Waals surface area contributed by atoms with E-state index < -0.39 is 244 Å². The Labute approximate surface area is 580 Å². The fourth-order valence-electron chi connectivity index (χ4n) is 10.2. The molecule has 4 aromatic carbocycles. The van der Waals surface area contributed by atoms with Crippen molar-refractivity contribution in [2.45, 2.75) is 111 Å². The van der Waals surface area contributed by atoms with Gasteiger partial charge in [0.25, 0.3) is 11.8 Å². The maximum atomic E-state index is 14.3. The predicted octanol–water partition coefficient (Wildman–Crippen LogP) is -3.23. The van der Waals surface area contributed by atoms with Crippen LogP contribution < -0.4 is 21.3 Å². The molecule has 2 fully saturated rings. The number of hydrogen-bond acceptors (Lipinski definition) is 32. The van der Waals surface area contributed by atoms with Crippen LogP contribution in [0.15, 0.2) is 109 Å². The molecule has 4 aromatic rings. The molecule has 0 unspecified atom stereocenters. The summed E-state index contributed by atoms with van der Waals surface area (Å²) in [6, 6.07) is 18.9. The molecule has 12 atom stereocenters. The minimum Gasteiger partial charge on any atom is -0.363 e. The molecular weight excluding hydrogens is 1550 g/mol. The van der Waals surface area contributed by atoms with Crippen molar-refractivity contribution in [3.8, 4) is 11.1 Å². The van der Waals surface area contributed by atoms with Gasteiger partial charge in [-0.2, -0.15) is 67.3 Å². The molecule has 4 amide bonds. The van der Waals surface area contributed by atoms with Gasteiger partial charge < -0.3 is 41.0 Å². The largest absolute Gasteiger partial charge is 0.397 e. The Morgan fingerprint density at radius 1 is 0.402 bits per heavy atom. The predicted molar refractivity (Wildman–Crippen MR) is 332 cm³/mol. The van der Waals surface area contributed by atoms with Crippen molar-refractivity contribution in [1.29, 1.82) is 0 Å². The second-order valence-corrected chi connectivity index (χ2v) is 30.2. The van der Waals surface area contributed by atoms with E-state index in [4.69, 9.17) is 44.4 Å². The summed E-state index contributed by atoms with van der Waals surface area (Å²) in [5.74, 6) is -11.0. The van der Waals surface area contributed by atoms with Crippen molar-refractivity contribution < 1.29 is 176 Å². The van der Waals surface area contributed by atoms with Crippen molar-refractivity contribution in [1.82, 2.24) is 21.3 Å². The Kier molecular flexibility index (Phi) is 28.3. The Morgan fingerprint density at radius 3 is 0.971 bits per heavy atom. The molecule has 2 saturated heterocycles. The van der Waals surface area contributed by atoms with Crippen molar-refractivity contribution in [3.63, 3.8) is 0 Å². The molecule has 2 aliphatic rings. The maximum Gasteiger partial charge on any atom is 0.397 e. The molecule has 0 radical (unpaired) electrons. The van der Waals surface area contributed by atoms with Gasteiger partial charge in [0, 0.05) is 49.9 Å². The Balaban J connectivity index is 1.27. The fourth-order valence-corrected chi connectivity index (χ4v) is 13.8. The summed E-state index contributed by atoms with van der Waals surface area (Å²) in [6.45, 7) is -4.78. The van der Waals surface area contributed by atoms with Gasteiger partial charge in [-0.3, -0.25) is 55.6 Å². The minimum absolute atomic E-state index is 0.128. The van der Waals surface area contributed by atoms with Gasteiger partial charge in [0.1, 0.15) is 60.9 Å². The van der Waals surface area contributed by atoms with Crippen LogP contribution in [0.3, 0.4) is 0 Å². The van der Waals surface area contributed by atoms with E-state index in [1.54, 1.807) is 0 Å². The molecule has 14 N–H and O–H groups in total. The van der Waals surface area contributed by atoms with E-state index in [0.717, 1.165) is 24.3 Å². The van der Waals surface area contributed by atoms with E-state index >= 15 is 0 Å². The van der Waals surface area contributed by atoms with Gasteiger partial charge in [-0.1, -0.05) is 84.9 Å². The molecule has 6 rings (SSSR count). The van der Waals surface area contributed by atoms with Gasteiger partial charge in [-0.25, -0.2) is 33.5 Å². The lowest BCUT2D eigenvalue weighted by Gasteiger charge is -2.49. The molecular formula is C50H62N4O40S8. The number of ether oxygens (including phenoxy) is 2. The number of nitrogens with one attached hydrogen (secondary N) is 4. The molecule has 2 aliphatic heterocycles. The van der Waals surface area contributed by atoms with Crippen molar-refractivity contribution in [2.75, 3.05) is 26.3 Å². The zero-order valence-electron chi connectivity index (χ0n) is 51.2. The van der Waals surface area contributed by atoms with Crippen LogP contribution in [0.25, 0.3) is 11.1 Å². The maximum absolute atomic E-state index is 14.3. The van der Waals surface area contributed by atoms with E-state index in [1.807, 2.05) is 0 Å². The molecule has 570 valence electrons. The second-order valence-electron chi connectivity index (χ2n) is 21.7. The minimum atomic E-state index is -5.85.